The standard InChI is InChI=1S/C25H15Cl2N3OS/c26-15-8-6-14(7-9-15)21-19(13-28)24(29)30(17-4-2-1-3-5-17)25-22(21)23(31)18-12-16(27)10-11-20(18)32-25/h1-12,21H,29H2. The minimum atomic E-state index is -0.612. The van der Waals surface area contributed by atoms with Gasteiger partial charge in [0.1, 0.15) is 10.8 Å². The number of hydrogen-bond donors (Lipinski definition) is 1. The van der Waals surface area contributed by atoms with Gasteiger partial charge >= 0.3 is 0 Å². The highest BCUT2D eigenvalue weighted by atomic mass is 35.5. The van der Waals surface area contributed by atoms with Crippen LogP contribution in [0.15, 0.2) is 89.0 Å². The van der Waals surface area contributed by atoms with Crippen LogP contribution < -0.4 is 16.1 Å². The highest BCUT2D eigenvalue weighted by molar-refractivity contribution is 7.22. The second-order valence-corrected chi connectivity index (χ2v) is 9.26. The Morgan fingerprint density at radius 1 is 0.969 bits per heavy atom. The summed E-state index contributed by atoms with van der Waals surface area (Å²) in [6, 6.07) is 24.2. The molecule has 2 heterocycles. The first-order valence-electron chi connectivity index (χ1n) is 9.76. The van der Waals surface area contributed by atoms with Gasteiger partial charge in [-0.15, -0.1) is 11.3 Å². The SMILES string of the molecule is N#CC1=C(N)N(c2ccccc2)c2sc3ccc(Cl)cc3c(=O)c2C1c1ccc(Cl)cc1. The van der Waals surface area contributed by atoms with Gasteiger partial charge in [-0.05, 0) is 48.0 Å². The van der Waals surface area contributed by atoms with Crippen LogP contribution in [-0.2, 0) is 0 Å². The van der Waals surface area contributed by atoms with E-state index < -0.39 is 5.92 Å². The molecule has 4 aromatic rings. The molecule has 3 aromatic carbocycles. The zero-order chi connectivity index (χ0) is 22.4. The quantitative estimate of drug-likeness (QED) is 0.356. The minimum Gasteiger partial charge on any atom is -0.384 e. The molecule has 0 radical (unpaired) electrons. The summed E-state index contributed by atoms with van der Waals surface area (Å²) in [5.41, 5.74) is 8.79. The van der Waals surface area contributed by atoms with Crippen molar-refractivity contribution in [3.05, 3.63) is 116 Å². The van der Waals surface area contributed by atoms with Crippen molar-refractivity contribution < 1.29 is 0 Å². The molecule has 2 N–H and O–H groups in total. The van der Waals surface area contributed by atoms with Gasteiger partial charge in [-0.2, -0.15) is 5.26 Å². The highest BCUT2D eigenvalue weighted by Crippen LogP contribution is 2.48. The molecule has 1 atom stereocenters. The van der Waals surface area contributed by atoms with Crippen molar-refractivity contribution in [1.29, 1.82) is 5.26 Å². The Kier molecular flexibility index (Phi) is 5.15. The lowest BCUT2D eigenvalue weighted by Gasteiger charge is -2.35. The van der Waals surface area contributed by atoms with Crippen molar-refractivity contribution in [3.8, 4) is 6.07 Å². The van der Waals surface area contributed by atoms with Crippen molar-refractivity contribution in [3.63, 3.8) is 0 Å². The molecular weight excluding hydrogens is 461 g/mol. The molecule has 4 nitrogen and oxygen atoms in total. The average molecular weight is 476 g/mol. The maximum Gasteiger partial charge on any atom is 0.194 e. The minimum absolute atomic E-state index is 0.169. The zero-order valence-electron chi connectivity index (χ0n) is 16.5. The monoisotopic (exact) mass is 475 g/mol. The van der Waals surface area contributed by atoms with Gasteiger partial charge < -0.3 is 5.73 Å². The van der Waals surface area contributed by atoms with Gasteiger partial charge in [-0.1, -0.05) is 53.5 Å². The fraction of sp³-hybridized carbons (Fsp3) is 0.0400. The van der Waals surface area contributed by atoms with Gasteiger partial charge in [0, 0.05) is 31.4 Å². The Bertz CT molecular complexity index is 1490. The summed E-state index contributed by atoms with van der Waals surface area (Å²) in [6.45, 7) is 0. The Balaban J connectivity index is 1.91. The van der Waals surface area contributed by atoms with Crippen LogP contribution in [0.25, 0.3) is 10.1 Å². The number of benzene rings is 3. The molecule has 5 rings (SSSR count). The van der Waals surface area contributed by atoms with E-state index in [2.05, 4.69) is 6.07 Å². The van der Waals surface area contributed by atoms with Crippen LogP contribution in [-0.4, -0.2) is 0 Å². The van der Waals surface area contributed by atoms with E-state index in [0.717, 1.165) is 16.0 Å². The number of nitrogens with zero attached hydrogens (tertiary/aromatic N) is 2. The lowest BCUT2D eigenvalue weighted by atomic mass is 9.83. The zero-order valence-corrected chi connectivity index (χ0v) is 18.9. The van der Waals surface area contributed by atoms with E-state index in [1.54, 1.807) is 29.2 Å². The molecule has 0 saturated heterocycles. The van der Waals surface area contributed by atoms with Crippen molar-refractivity contribution in [1.82, 2.24) is 0 Å². The molecule has 0 saturated carbocycles. The summed E-state index contributed by atoms with van der Waals surface area (Å²) in [4.78, 5) is 15.6. The summed E-state index contributed by atoms with van der Waals surface area (Å²) < 4.78 is 0.794. The van der Waals surface area contributed by atoms with E-state index in [0.29, 0.717) is 37.4 Å². The number of hydrogen-bond acceptors (Lipinski definition) is 5. The maximum absolute atomic E-state index is 13.8. The molecule has 0 fully saturated rings. The van der Waals surface area contributed by atoms with Gasteiger partial charge in [0.2, 0.25) is 0 Å². The summed E-state index contributed by atoms with van der Waals surface area (Å²) >= 11 is 13.8. The molecule has 32 heavy (non-hydrogen) atoms. The van der Waals surface area contributed by atoms with Crippen LogP contribution in [0.3, 0.4) is 0 Å². The summed E-state index contributed by atoms with van der Waals surface area (Å²) in [7, 11) is 0. The lowest BCUT2D eigenvalue weighted by molar-refractivity contribution is 0.894. The first-order chi connectivity index (χ1) is 15.5. The van der Waals surface area contributed by atoms with Crippen molar-refractivity contribution in [2.75, 3.05) is 4.90 Å². The Hall–Kier alpha value is -3.30. The highest BCUT2D eigenvalue weighted by Gasteiger charge is 2.37. The molecular formula is C25H15Cl2N3OS. The normalized spacial score (nSPS) is 15.5. The van der Waals surface area contributed by atoms with Gasteiger partial charge in [-0.25, -0.2) is 0 Å². The van der Waals surface area contributed by atoms with Crippen LogP contribution in [0.4, 0.5) is 10.7 Å². The predicted octanol–water partition coefficient (Wildman–Crippen LogP) is 6.55. The second-order valence-electron chi connectivity index (χ2n) is 7.36. The van der Waals surface area contributed by atoms with E-state index in [9.17, 15) is 10.1 Å². The first-order valence-corrected chi connectivity index (χ1v) is 11.3. The largest absolute Gasteiger partial charge is 0.384 e. The third-order valence-corrected chi connectivity index (χ3v) is 7.16. The number of anilines is 2. The molecule has 1 unspecified atom stereocenters. The number of allylic oxidation sites excluding steroid dienone is 1. The third kappa shape index (κ3) is 3.25. The number of rotatable bonds is 2. The van der Waals surface area contributed by atoms with Crippen molar-refractivity contribution >= 4 is 55.3 Å². The summed E-state index contributed by atoms with van der Waals surface area (Å²) in [5.74, 6) is -0.311. The van der Waals surface area contributed by atoms with E-state index in [1.165, 1.54) is 11.3 Å². The predicted molar refractivity (Wildman–Crippen MR) is 132 cm³/mol. The van der Waals surface area contributed by atoms with Crippen LogP contribution in [0.1, 0.15) is 17.0 Å². The first kappa shape index (κ1) is 20.6. The van der Waals surface area contributed by atoms with Gasteiger partial charge in [0.25, 0.3) is 0 Å². The van der Waals surface area contributed by atoms with E-state index in [1.807, 2.05) is 48.5 Å². The van der Waals surface area contributed by atoms with Gasteiger partial charge in [0.15, 0.2) is 5.43 Å². The molecule has 0 aliphatic carbocycles. The molecule has 0 bridgehead atoms. The molecule has 1 aliphatic rings. The maximum atomic E-state index is 13.8. The number of fused-ring (bicyclic) bond motifs is 2. The Morgan fingerprint density at radius 2 is 1.66 bits per heavy atom. The Labute approximate surface area is 198 Å². The van der Waals surface area contributed by atoms with E-state index in [4.69, 9.17) is 28.9 Å². The van der Waals surface area contributed by atoms with Gasteiger partial charge in [0.05, 0.1) is 17.6 Å². The summed E-state index contributed by atoms with van der Waals surface area (Å²) in [5, 5.41) is 12.4. The van der Waals surface area contributed by atoms with E-state index in [-0.39, 0.29) is 5.43 Å². The summed E-state index contributed by atoms with van der Waals surface area (Å²) in [6.07, 6.45) is 0. The molecule has 0 spiro atoms. The van der Waals surface area contributed by atoms with Gasteiger partial charge in [-0.3, -0.25) is 9.69 Å². The fourth-order valence-corrected chi connectivity index (χ4v) is 5.58. The lowest BCUT2D eigenvalue weighted by Crippen LogP contribution is -2.34. The second kappa shape index (κ2) is 7.99. The van der Waals surface area contributed by atoms with Crippen molar-refractivity contribution in [2.24, 2.45) is 5.73 Å². The molecule has 156 valence electrons. The molecule has 1 aliphatic heterocycles. The molecule has 1 aromatic heterocycles. The van der Waals surface area contributed by atoms with Crippen LogP contribution in [0, 0.1) is 11.3 Å². The van der Waals surface area contributed by atoms with E-state index >= 15 is 0 Å². The van der Waals surface area contributed by atoms with Crippen LogP contribution in [0.2, 0.25) is 10.0 Å². The number of halogens is 2. The topological polar surface area (TPSA) is 70.1 Å². The molecule has 0 amide bonds. The fourth-order valence-electron chi connectivity index (χ4n) is 4.06. The van der Waals surface area contributed by atoms with Crippen molar-refractivity contribution in [2.45, 2.75) is 5.92 Å². The smallest absolute Gasteiger partial charge is 0.194 e. The van der Waals surface area contributed by atoms with Crippen LogP contribution >= 0.6 is 34.5 Å². The Morgan fingerprint density at radius 3 is 2.34 bits per heavy atom. The van der Waals surface area contributed by atoms with Crippen LogP contribution in [0.5, 0.6) is 0 Å². The molecule has 7 heteroatoms. The average Bonchev–Trinajstić information content (AvgIpc) is 2.80. The number of nitrogens with two attached hydrogens (primary N) is 1. The number of nitriles is 1. The number of para-hydroxylation sites is 1. The third-order valence-electron chi connectivity index (χ3n) is 5.50.